The van der Waals surface area contributed by atoms with Crippen molar-refractivity contribution in [3.05, 3.63) is 29.8 Å². The minimum Gasteiger partial charge on any atom is -0.393 e. The van der Waals surface area contributed by atoms with Crippen LogP contribution < -0.4 is 4.90 Å². The molecular weight excluding hydrogens is 210 g/mol. The molecule has 1 aromatic rings. The van der Waals surface area contributed by atoms with Gasteiger partial charge in [-0.2, -0.15) is 0 Å². The fourth-order valence-corrected chi connectivity index (χ4v) is 2.69. The van der Waals surface area contributed by atoms with Gasteiger partial charge in [-0.25, -0.2) is 0 Å². The number of benzene rings is 1. The summed E-state index contributed by atoms with van der Waals surface area (Å²) in [6, 6.07) is 9.34. The highest BCUT2D eigenvalue weighted by Crippen LogP contribution is 2.31. The molecule has 2 rings (SSSR count). The van der Waals surface area contributed by atoms with E-state index in [1.54, 1.807) is 0 Å². The molecule has 0 radical (unpaired) electrons. The van der Waals surface area contributed by atoms with E-state index in [0.717, 1.165) is 19.4 Å². The minimum absolute atomic E-state index is 0.154. The van der Waals surface area contributed by atoms with E-state index in [0.29, 0.717) is 6.04 Å². The number of fused-ring (bicyclic) bond motifs is 1. The van der Waals surface area contributed by atoms with E-state index in [1.807, 2.05) is 6.92 Å². The first kappa shape index (κ1) is 12.4. The van der Waals surface area contributed by atoms with Crippen LogP contribution in [0.3, 0.4) is 0 Å². The van der Waals surface area contributed by atoms with E-state index < -0.39 is 0 Å². The maximum Gasteiger partial charge on any atom is 0.0512 e. The van der Waals surface area contributed by atoms with Gasteiger partial charge >= 0.3 is 0 Å². The first-order valence-corrected chi connectivity index (χ1v) is 6.71. The molecule has 94 valence electrons. The molecular formula is C15H23NO. The van der Waals surface area contributed by atoms with Gasteiger partial charge in [0.25, 0.3) is 0 Å². The Kier molecular flexibility index (Phi) is 4.06. The molecule has 17 heavy (non-hydrogen) atoms. The van der Waals surface area contributed by atoms with Crippen molar-refractivity contribution in [1.29, 1.82) is 0 Å². The van der Waals surface area contributed by atoms with Crippen molar-refractivity contribution < 1.29 is 5.11 Å². The van der Waals surface area contributed by atoms with Crippen LogP contribution in [0.4, 0.5) is 5.69 Å². The highest BCUT2D eigenvalue weighted by molar-refractivity contribution is 5.59. The van der Waals surface area contributed by atoms with Gasteiger partial charge in [0.15, 0.2) is 0 Å². The van der Waals surface area contributed by atoms with Crippen molar-refractivity contribution in [1.82, 2.24) is 0 Å². The highest BCUT2D eigenvalue weighted by atomic mass is 16.3. The van der Waals surface area contributed by atoms with E-state index in [9.17, 15) is 5.11 Å². The Morgan fingerprint density at radius 1 is 1.35 bits per heavy atom. The molecule has 1 N–H and O–H groups in total. The van der Waals surface area contributed by atoms with E-state index in [-0.39, 0.29) is 6.10 Å². The fourth-order valence-electron chi connectivity index (χ4n) is 2.69. The Labute approximate surface area is 104 Å². The Balaban J connectivity index is 1.88. The van der Waals surface area contributed by atoms with Gasteiger partial charge in [0.1, 0.15) is 0 Å². The third-order valence-electron chi connectivity index (χ3n) is 3.62. The zero-order chi connectivity index (χ0) is 12.3. The summed E-state index contributed by atoms with van der Waals surface area (Å²) in [6.45, 7) is 5.29. The number of aliphatic hydroxyl groups is 1. The molecule has 0 saturated heterocycles. The number of nitrogens with zero attached hydrogens (tertiary/aromatic N) is 1. The average molecular weight is 233 g/mol. The quantitative estimate of drug-likeness (QED) is 0.790. The summed E-state index contributed by atoms with van der Waals surface area (Å²) in [5, 5.41) is 9.24. The molecule has 2 unspecified atom stereocenters. The third-order valence-corrected chi connectivity index (χ3v) is 3.62. The maximum absolute atomic E-state index is 9.24. The number of hydrogen-bond acceptors (Lipinski definition) is 2. The number of para-hydroxylation sites is 1. The Bertz CT molecular complexity index is 362. The van der Waals surface area contributed by atoms with Crippen molar-refractivity contribution >= 4 is 5.69 Å². The van der Waals surface area contributed by atoms with Gasteiger partial charge in [-0.1, -0.05) is 18.2 Å². The third kappa shape index (κ3) is 3.01. The van der Waals surface area contributed by atoms with E-state index in [2.05, 4.69) is 36.1 Å². The Hall–Kier alpha value is -1.02. The lowest BCUT2D eigenvalue weighted by atomic mass is 10.1. The number of rotatable bonds is 5. The van der Waals surface area contributed by atoms with Crippen LogP contribution in [0.1, 0.15) is 38.7 Å². The van der Waals surface area contributed by atoms with Crippen LogP contribution in [0, 0.1) is 0 Å². The van der Waals surface area contributed by atoms with Crippen molar-refractivity contribution in [2.45, 2.75) is 51.7 Å². The molecule has 0 aliphatic carbocycles. The largest absolute Gasteiger partial charge is 0.393 e. The smallest absolute Gasteiger partial charge is 0.0512 e. The normalized spacial score (nSPS) is 20.4. The number of hydrogen-bond donors (Lipinski definition) is 1. The zero-order valence-electron chi connectivity index (χ0n) is 10.9. The molecule has 2 atom stereocenters. The van der Waals surface area contributed by atoms with Crippen molar-refractivity contribution in [3.63, 3.8) is 0 Å². The number of anilines is 1. The standard InChI is InChI=1S/C15H23NO/c1-12-11-14-8-3-4-9-15(14)16(12)10-6-5-7-13(2)17/h3-4,8-9,12-13,17H,5-7,10-11H2,1-2H3. The summed E-state index contributed by atoms with van der Waals surface area (Å²) < 4.78 is 0. The van der Waals surface area contributed by atoms with Crippen molar-refractivity contribution in [2.24, 2.45) is 0 Å². The van der Waals surface area contributed by atoms with Gasteiger partial charge in [-0.3, -0.25) is 0 Å². The molecule has 0 saturated carbocycles. The summed E-state index contributed by atoms with van der Waals surface area (Å²) in [5.41, 5.74) is 2.90. The predicted molar refractivity (Wildman–Crippen MR) is 72.5 cm³/mol. The van der Waals surface area contributed by atoms with Gasteiger partial charge in [-0.05, 0) is 51.2 Å². The summed E-state index contributed by atoms with van der Waals surface area (Å²) >= 11 is 0. The first-order valence-electron chi connectivity index (χ1n) is 6.71. The van der Waals surface area contributed by atoms with Gasteiger partial charge in [0.05, 0.1) is 6.10 Å². The number of aliphatic hydroxyl groups excluding tert-OH is 1. The van der Waals surface area contributed by atoms with Gasteiger partial charge in [0, 0.05) is 18.3 Å². The molecule has 0 bridgehead atoms. The second-order valence-electron chi connectivity index (χ2n) is 5.22. The molecule has 1 aliphatic rings. The molecule has 0 fully saturated rings. The van der Waals surface area contributed by atoms with Crippen LogP contribution >= 0.6 is 0 Å². The van der Waals surface area contributed by atoms with E-state index in [1.165, 1.54) is 24.1 Å². The lowest BCUT2D eigenvalue weighted by Gasteiger charge is -2.25. The van der Waals surface area contributed by atoms with E-state index >= 15 is 0 Å². The van der Waals surface area contributed by atoms with Crippen LogP contribution in [0.25, 0.3) is 0 Å². The van der Waals surface area contributed by atoms with Crippen LogP contribution in [0.5, 0.6) is 0 Å². The molecule has 1 heterocycles. The Morgan fingerprint density at radius 3 is 2.88 bits per heavy atom. The van der Waals surface area contributed by atoms with Crippen LogP contribution in [-0.4, -0.2) is 23.8 Å². The fraction of sp³-hybridized carbons (Fsp3) is 0.600. The average Bonchev–Trinajstić information content (AvgIpc) is 2.60. The minimum atomic E-state index is -0.154. The zero-order valence-corrected chi connectivity index (χ0v) is 10.9. The summed E-state index contributed by atoms with van der Waals surface area (Å²) in [4.78, 5) is 2.51. The first-order chi connectivity index (χ1) is 8.18. The van der Waals surface area contributed by atoms with Crippen LogP contribution in [-0.2, 0) is 6.42 Å². The maximum atomic E-state index is 9.24. The SMILES string of the molecule is CC(O)CCCCN1c2ccccc2CC1C. The predicted octanol–water partition coefficient (Wildman–Crippen LogP) is 2.99. The summed E-state index contributed by atoms with van der Waals surface area (Å²) in [7, 11) is 0. The molecule has 2 nitrogen and oxygen atoms in total. The molecule has 0 amide bonds. The topological polar surface area (TPSA) is 23.5 Å². The van der Waals surface area contributed by atoms with Crippen LogP contribution in [0.2, 0.25) is 0 Å². The summed E-state index contributed by atoms with van der Waals surface area (Å²) in [5.74, 6) is 0. The molecule has 0 aromatic heterocycles. The molecule has 1 aromatic carbocycles. The lowest BCUT2D eigenvalue weighted by Crippen LogP contribution is -2.30. The monoisotopic (exact) mass is 233 g/mol. The molecule has 0 spiro atoms. The highest BCUT2D eigenvalue weighted by Gasteiger charge is 2.24. The van der Waals surface area contributed by atoms with Crippen molar-refractivity contribution in [3.8, 4) is 0 Å². The molecule has 1 aliphatic heterocycles. The van der Waals surface area contributed by atoms with E-state index in [4.69, 9.17) is 0 Å². The van der Waals surface area contributed by atoms with Gasteiger partial charge < -0.3 is 10.0 Å². The Morgan fingerprint density at radius 2 is 2.12 bits per heavy atom. The van der Waals surface area contributed by atoms with Gasteiger partial charge in [-0.15, -0.1) is 0 Å². The van der Waals surface area contributed by atoms with Crippen molar-refractivity contribution in [2.75, 3.05) is 11.4 Å². The second-order valence-corrected chi connectivity index (χ2v) is 5.22. The van der Waals surface area contributed by atoms with Gasteiger partial charge in [0.2, 0.25) is 0 Å². The summed E-state index contributed by atoms with van der Waals surface area (Å²) in [6.07, 6.45) is 4.22. The number of unbranched alkanes of at least 4 members (excludes halogenated alkanes) is 1. The van der Waals surface area contributed by atoms with Crippen LogP contribution in [0.15, 0.2) is 24.3 Å². The molecule has 2 heteroatoms. The second kappa shape index (κ2) is 5.54. The lowest BCUT2D eigenvalue weighted by molar-refractivity contribution is 0.181.